The zero-order valence-corrected chi connectivity index (χ0v) is 48.9. The van der Waals surface area contributed by atoms with Gasteiger partial charge in [0.1, 0.15) is 11.2 Å². The van der Waals surface area contributed by atoms with E-state index < -0.39 is 5.41 Å². The van der Waals surface area contributed by atoms with Crippen LogP contribution in [0.4, 0.5) is 34.1 Å². The van der Waals surface area contributed by atoms with Gasteiger partial charge in [0.15, 0.2) is 11.2 Å². The zero-order valence-electron chi connectivity index (χ0n) is 48.9. The number of benzene rings is 11. The molecule has 0 saturated heterocycles. The second kappa shape index (κ2) is 19.4. The highest BCUT2D eigenvalue weighted by molar-refractivity contribution is 6.27. The van der Waals surface area contributed by atoms with Crippen LogP contribution < -0.4 is 9.80 Å². The number of furan rings is 2. The SMILES string of the molecule is CC(C)(C)c1ccc(N(c2ccc(-c3ccccc3)cc2)c2cc3c(c4c2oc2ccccc24)-c2c(cc(N(c4ccc(C(C)(C)C)cc4)c4ccc(C(C)(C)C)cc4)c4oc5ccccc5c24)C3(c2ccccc2)c2ccccc2)cc1. The third kappa shape index (κ3) is 8.48. The van der Waals surface area contributed by atoms with Crippen molar-refractivity contribution in [2.45, 2.75) is 84.0 Å². The van der Waals surface area contributed by atoms with Gasteiger partial charge in [-0.2, -0.15) is 0 Å². The first-order chi connectivity index (χ1) is 40.1. The van der Waals surface area contributed by atoms with Crippen molar-refractivity contribution in [3.8, 4) is 22.3 Å². The average molecular weight is 1080 g/mol. The first-order valence-electron chi connectivity index (χ1n) is 29.2. The molecule has 4 heteroatoms. The second-order valence-corrected chi connectivity index (χ2v) is 25.7. The van der Waals surface area contributed by atoms with Gasteiger partial charge < -0.3 is 18.6 Å². The summed E-state index contributed by atoms with van der Waals surface area (Å²) in [6.07, 6.45) is 0. The molecule has 0 fully saturated rings. The van der Waals surface area contributed by atoms with Crippen molar-refractivity contribution in [1.82, 2.24) is 0 Å². The van der Waals surface area contributed by atoms with Gasteiger partial charge in [0.05, 0.1) is 16.8 Å². The van der Waals surface area contributed by atoms with Crippen molar-refractivity contribution in [2.75, 3.05) is 9.80 Å². The molecule has 13 aromatic rings. The Labute approximate surface area is 487 Å². The van der Waals surface area contributed by atoms with Crippen molar-refractivity contribution in [1.29, 1.82) is 0 Å². The fourth-order valence-corrected chi connectivity index (χ4v) is 13.1. The van der Waals surface area contributed by atoms with E-state index in [1.54, 1.807) is 0 Å². The summed E-state index contributed by atoms with van der Waals surface area (Å²) in [5, 5.41) is 4.23. The first-order valence-corrected chi connectivity index (χ1v) is 29.2. The van der Waals surface area contributed by atoms with Gasteiger partial charge in [0.25, 0.3) is 0 Å². The molecule has 0 unspecified atom stereocenters. The molecular weight excluding hydrogens is 1010 g/mol. The van der Waals surface area contributed by atoms with E-state index in [0.29, 0.717) is 0 Å². The number of nitrogens with zero attached hydrogens (tertiary/aromatic N) is 2. The topological polar surface area (TPSA) is 32.8 Å². The van der Waals surface area contributed by atoms with E-state index in [2.05, 4.69) is 321 Å². The second-order valence-electron chi connectivity index (χ2n) is 25.7. The molecule has 4 nitrogen and oxygen atoms in total. The highest BCUT2D eigenvalue weighted by Crippen LogP contribution is 2.65. The normalized spacial score (nSPS) is 13.2. The maximum atomic E-state index is 7.45. The number of anilines is 6. The number of hydrogen-bond donors (Lipinski definition) is 0. The molecule has 83 heavy (non-hydrogen) atoms. The van der Waals surface area contributed by atoms with Crippen LogP contribution in [0.5, 0.6) is 0 Å². The van der Waals surface area contributed by atoms with Crippen LogP contribution in [0.3, 0.4) is 0 Å². The first kappa shape index (κ1) is 51.7. The average Bonchev–Trinajstić information content (AvgIpc) is 1.59. The Kier molecular flexibility index (Phi) is 12.1. The molecule has 1 aliphatic carbocycles. The van der Waals surface area contributed by atoms with Crippen LogP contribution in [0.25, 0.3) is 66.1 Å². The standard InChI is InChI=1S/C79H68N2O2/c1-76(2,3)53-35-43-59(44-36-53)80(58-41-33-52(34-42-58)51-23-13-10-14-24-51)66-49-64-72(70-62-29-19-21-31-68(62)82-74(66)70)73-65(79(64,56-25-15-11-16-26-56)57-27-17-12-18-28-57)50-67(75-71(73)63-30-20-22-32-69(63)83-75)81(60-45-37-54(38-46-60)77(4,5)6)61-47-39-55(40-48-61)78(7,8)9/h10-50H,1-9H3. The van der Waals surface area contributed by atoms with Crippen LogP contribution >= 0.6 is 0 Å². The Morgan fingerprint density at radius 1 is 0.313 bits per heavy atom. The third-order valence-electron chi connectivity index (χ3n) is 17.4. The molecule has 2 heterocycles. The fraction of sp³-hybridized carbons (Fsp3) is 0.165. The van der Waals surface area contributed by atoms with Crippen molar-refractivity contribution in [3.63, 3.8) is 0 Å². The van der Waals surface area contributed by atoms with Crippen LogP contribution in [-0.4, -0.2) is 0 Å². The van der Waals surface area contributed by atoms with E-state index in [9.17, 15) is 0 Å². The molecule has 2 aromatic heterocycles. The maximum absolute atomic E-state index is 7.45. The van der Waals surface area contributed by atoms with Crippen molar-refractivity contribution >= 4 is 78.0 Å². The quantitative estimate of drug-likeness (QED) is 0.144. The Balaban J connectivity index is 1.15. The molecular formula is C79H68N2O2. The smallest absolute Gasteiger partial charge is 0.160 e. The Hall–Kier alpha value is -9.38. The number of para-hydroxylation sites is 2. The molecule has 0 spiro atoms. The molecule has 0 bridgehead atoms. The summed E-state index contributed by atoms with van der Waals surface area (Å²) >= 11 is 0. The molecule has 1 aliphatic rings. The number of hydrogen-bond acceptors (Lipinski definition) is 4. The molecule has 0 N–H and O–H groups in total. The van der Waals surface area contributed by atoms with Crippen LogP contribution in [0.1, 0.15) is 101 Å². The highest BCUT2D eigenvalue weighted by Gasteiger charge is 2.50. The van der Waals surface area contributed by atoms with Gasteiger partial charge in [-0.05, 0) is 150 Å². The summed E-state index contributed by atoms with van der Waals surface area (Å²) in [7, 11) is 0. The summed E-state index contributed by atoms with van der Waals surface area (Å²) in [5.41, 5.74) is 21.4. The molecule has 11 aromatic carbocycles. The van der Waals surface area contributed by atoms with Crippen LogP contribution in [0, 0.1) is 0 Å². The van der Waals surface area contributed by atoms with Gasteiger partial charge in [-0.3, -0.25) is 0 Å². The van der Waals surface area contributed by atoms with E-state index in [0.717, 1.165) is 111 Å². The minimum absolute atomic E-state index is 0.0352. The molecule has 0 atom stereocenters. The van der Waals surface area contributed by atoms with Gasteiger partial charge in [0, 0.05) is 44.3 Å². The van der Waals surface area contributed by atoms with Gasteiger partial charge in [-0.25, -0.2) is 0 Å². The van der Waals surface area contributed by atoms with E-state index in [1.807, 2.05) is 0 Å². The van der Waals surface area contributed by atoms with Gasteiger partial charge in [0.2, 0.25) is 0 Å². The lowest BCUT2D eigenvalue weighted by molar-refractivity contribution is 0.590. The molecule has 0 amide bonds. The summed E-state index contributed by atoms with van der Waals surface area (Å²) in [5.74, 6) is 0. The summed E-state index contributed by atoms with van der Waals surface area (Å²) in [4.78, 5) is 4.86. The summed E-state index contributed by atoms with van der Waals surface area (Å²) < 4.78 is 14.9. The lowest BCUT2D eigenvalue weighted by atomic mass is 9.67. The van der Waals surface area contributed by atoms with Crippen molar-refractivity contribution in [3.05, 3.63) is 288 Å². The molecule has 0 aliphatic heterocycles. The Morgan fingerprint density at radius 2 is 0.614 bits per heavy atom. The minimum Gasteiger partial charge on any atom is -0.454 e. The minimum atomic E-state index is -0.882. The fourth-order valence-electron chi connectivity index (χ4n) is 13.1. The van der Waals surface area contributed by atoms with Crippen LogP contribution in [-0.2, 0) is 21.7 Å². The van der Waals surface area contributed by atoms with E-state index >= 15 is 0 Å². The van der Waals surface area contributed by atoms with Crippen LogP contribution in [0.2, 0.25) is 0 Å². The van der Waals surface area contributed by atoms with Gasteiger partial charge in [-0.15, -0.1) is 0 Å². The van der Waals surface area contributed by atoms with Gasteiger partial charge >= 0.3 is 0 Å². The zero-order chi connectivity index (χ0) is 57.0. The number of fused-ring (bicyclic) bond motifs is 11. The monoisotopic (exact) mass is 1080 g/mol. The largest absolute Gasteiger partial charge is 0.454 e. The molecule has 0 radical (unpaired) electrons. The Morgan fingerprint density at radius 3 is 0.964 bits per heavy atom. The number of rotatable bonds is 9. The molecule has 0 saturated carbocycles. The predicted molar refractivity (Wildman–Crippen MR) is 349 cm³/mol. The van der Waals surface area contributed by atoms with Crippen molar-refractivity contribution in [2.24, 2.45) is 0 Å². The highest BCUT2D eigenvalue weighted by atomic mass is 16.3. The van der Waals surface area contributed by atoms with Crippen LogP contribution in [0.15, 0.2) is 258 Å². The summed E-state index contributed by atoms with van der Waals surface area (Å²) in [6, 6.07) is 91.8. The lowest BCUT2D eigenvalue weighted by Gasteiger charge is -2.36. The van der Waals surface area contributed by atoms with Gasteiger partial charge in [-0.1, -0.05) is 238 Å². The van der Waals surface area contributed by atoms with E-state index in [1.165, 1.54) is 27.8 Å². The maximum Gasteiger partial charge on any atom is 0.160 e. The molecule has 406 valence electrons. The predicted octanol–water partition coefficient (Wildman–Crippen LogP) is 22.3. The Bertz CT molecular complexity index is 4450. The van der Waals surface area contributed by atoms with Crippen molar-refractivity contribution < 1.29 is 8.83 Å². The lowest BCUT2D eigenvalue weighted by Crippen LogP contribution is -2.29. The van der Waals surface area contributed by atoms with E-state index in [4.69, 9.17) is 8.83 Å². The molecule has 14 rings (SSSR count). The summed E-state index contributed by atoms with van der Waals surface area (Å²) in [6.45, 7) is 20.5. The van der Waals surface area contributed by atoms with E-state index in [-0.39, 0.29) is 16.2 Å². The third-order valence-corrected chi connectivity index (χ3v) is 17.4.